The number of halogens is 4. The number of benzene rings is 3. The van der Waals surface area contributed by atoms with Gasteiger partial charge < -0.3 is 9.47 Å². The van der Waals surface area contributed by atoms with Crippen molar-refractivity contribution in [1.29, 1.82) is 0 Å². The first-order valence-electron chi connectivity index (χ1n) is 10.5. The van der Waals surface area contributed by atoms with Crippen LogP contribution >= 0.6 is 0 Å². The second-order valence-electron chi connectivity index (χ2n) is 7.93. The summed E-state index contributed by atoms with van der Waals surface area (Å²) in [4.78, 5) is 0. The summed E-state index contributed by atoms with van der Waals surface area (Å²) >= 11 is 0. The van der Waals surface area contributed by atoms with E-state index in [9.17, 15) is 0 Å². The molecule has 3 aromatic carbocycles. The van der Waals surface area contributed by atoms with Crippen molar-refractivity contribution in [2.45, 2.75) is 36.5 Å². The van der Waals surface area contributed by atoms with Gasteiger partial charge in [0.05, 0.1) is 17.9 Å². The van der Waals surface area contributed by atoms with Gasteiger partial charge in [-0.25, -0.2) is 0 Å². The Kier molecular flexibility index (Phi) is 5.84. The molecule has 1 saturated carbocycles. The minimum Gasteiger partial charge on any atom is -0.494 e. The summed E-state index contributed by atoms with van der Waals surface area (Å²) < 4.78 is 71.7. The Hall–Kier alpha value is -3.46. The molecule has 0 aliphatic heterocycles. The van der Waals surface area contributed by atoms with E-state index >= 15 is 17.6 Å². The van der Waals surface area contributed by atoms with Gasteiger partial charge in [-0.05, 0) is 54.4 Å². The fourth-order valence-corrected chi connectivity index (χ4v) is 4.61. The molecule has 1 aliphatic carbocycles. The molecule has 33 heavy (non-hydrogen) atoms. The second-order valence-corrected chi connectivity index (χ2v) is 7.93. The highest BCUT2D eigenvalue weighted by Gasteiger charge is 2.86. The molecule has 0 bridgehead atoms. The zero-order valence-electron chi connectivity index (χ0n) is 17.9. The van der Waals surface area contributed by atoms with Gasteiger partial charge in [0.15, 0.2) is 0 Å². The van der Waals surface area contributed by atoms with Crippen molar-refractivity contribution in [3.63, 3.8) is 0 Å². The number of alkyl halides is 4. The molecule has 1 aliphatic rings. The lowest BCUT2D eigenvalue weighted by atomic mass is 9.48. The van der Waals surface area contributed by atoms with Gasteiger partial charge in [0.2, 0.25) is 0 Å². The van der Waals surface area contributed by atoms with Gasteiger partial charge in [0.25, 0.3) is 0 Å². The van der Waals surface area contributed by atoms with Crippen LogP contribution in [0.2, 0.25) is 0 Å². The number of para-hydroxylation sites is 1. The Morgan fingerprint density at radius 3 is 2.15 bits per heavy atom. The second kappa shape index (κ2) is 8.47. The zero-order chi connectivity index (χ0) is 23.7. The minimum absolute atomic E-state index is 0.0310. The molecular formula is C27H22F4O2. The summed E-state index contributed by atoms with van der Waals surface area (Å²) in [6.07, 6.45) is 4.89. The van der Waals surface area contributed by atoms with Crippen molar-refractivity contribution in [2.24, 2.45) is 0 Å². The number of terminal acetylenes is 1. The number of ether oxygens (including phenoxy) is 2. The molecule has 2 atom stereocenters. The van der Waals surface area contributed by atoms with Crippen LogP contribution in [0.5, 0.6) is 17.2 Å². The lowest BCUT2D eigenvalue weighted by Crippen LogP contribution is -2.74. The monoisotopic (exact) mass is 454 g/mol. The van der Waals surface area contributed by atoms with E-state index in [0.717, 1.165) is 0 Å². The molecule has 0 saturated heterocycles. The van der Waals surface area contributed by atoms with Crippen LogP contribution in [0.4, 0.5) is 17.6 Å². The Morgan fingerprint density at radius 1 is 0.848 bits per heavy atom. The largest absolute Gasteiger partial charge is 0.494 e. The van der Waals surface area contributed by atoms with Crippen LogP contribution in [-0.4, -0.2) is 18.5 Å². The third-order valence-corrected chi connectivity index (χ3v) is 6.07. The molecule has 4 rings (SSSR count). The predicted octanol–water partition coefficient (Wildman–Crippen LogP) is 7.21. The van der Waals surface area contributed by atoms with Crippen LogP contribution in [0.1, 0.15) is 30.4 Å². The van der Waals surface area contributed by atoms with Gasteiger partial charge in [0.1, 0.15) is 17.2 Å². The number of hydrogen-bond acceptors (Lipinski definition) is 2. The van der Waals surface area contributed by atoms with Crippen molar-refractivity contribution in [3.05, 3.63) is 90.0 Å². The zero-order valence-corrected chi connectivity index (χ0v) is 17.9. The molecule has 3 aromatic rings. The standard InChI is InChI=1S/C27H22F4O2/c1-3-17-25(20-13-15-21(16-14-20)32-4-2)24(26(28,29)27(25,30)31)19-9-8-12-23(18-19)33-22-10-6-5-7-11-22/h1,5-16,18,24H,4,17H2,2H3. The third kappa shape index (κ3) is 3.52. The molecule has 170 valence electrons. The molecule has 6 heteroatoms. The van der Waals surface area contributed by atoms with Gasteiger partial charge in [0, 0.05) is 6.42 Å². The highest BCUT2D eigenvalue weighted by atomic mass is 19.3. The quantitative estimate of drug-likeness (QED) is 0.277. The van der Waals surface area contributed by atoms with Crippen molar-refractivity contribution in [2.75, 3.05) is 6.61 Å². The number of hydrogen-bond donors (Lipinski definition) is 0. The Bertz CT molecular complexity index is 1150. The van der Waals surface area contributed by atoms with E-state index in [-0.39, 0.29) is 16.9 Å². The highest BCUT2D eigenvalue weighted by molar-refractivity contribution is 5.51. The highest BCUT2D eigenvalue weighted by Crippen LogP contribution is 2.72. The van der Waals surface area contributed by atoms with Crippen LogP contribution in [0, 0.1) is 12.3 Å². The Balaban J connectivity index is 1.80. The summed E-state index contributed by atoms with van der Waals surface area (Å²) in [6, 6.07) is 20.4. The molecule has 0 radical (unpaired) electrons. The van der Waals surface area contributed by atoms with Crippen molar-refractivity contribution in [1.82, 2.24) is 0 Å². The fraction of sp³-hybridized carbons (Fsp3) is 0.259. The SMILES string of the molecule is C#CCC1(c2ccc(OCC)cc2)C(c2cccc(Oc3ccccc3)c2)C(F)(F)C1(F)F. The Morgan fingerprint density at radius 2 is 1.52 bits per heavy atom. The Labute approximate surface area is 190 Å². The summed E-state index contributed by atoms with van der Waals surface area (Å²) in [6.45, 7) is 2.18. The first-order valence-corrected chi connectivity index (χ1v) is 10.5. The predicted molar refractivity (Wildman–Crippen MR) is 118 cm³/mol. The minimum atomic E-state index is -4.35. The molecule has 2 unspecified atom stereocenters. The van der Waals surface area contributed by atoms with E-state index in [0.29, 0.717) is 18.1 Å². The maximum Gasteiger partial charge on any atom is 0.322 e. The molecule has 0 aromatic heterocycles. The maximum absolute atomic E-state index is 15.2. The van der Waals surface area contributed by atoms with Crippen molar-refractivity contribution < 1.29 is 27.0 Å². The van der Waals surface area contributed by atoms with Crippen molar-refractivity contribution in [3.8, 4) is 29.6 Å². The van der Waals surface area contributed by atoms with E-state index in [1.165, 1.54) is 42.5 Å². The summed E-state index contributed by atoms with van der Waals surface area (Å²) in [5.74, 6) is -7.03. The first-order chi connectivity index (χ1) is 15.8. The first kappa shape index (κ1) is 22.7. The maximum atomic E-state index is 15.2. The normalized spacial score (nSPS) is 22.6. The van der Waals surface area contributed by atoms with E-state index in [4.69, 9.17) is 15.9 Å². The van der Waals surface area contributed by atoms with E-state index in [2.05, 4.69) is 5.92 Å². The third-order valence-electron chi connectivity index (χ3n) is 6.07. The van der Waals surface area contributed by atoms with Crippen LogP contribution in [-0.2, 0) is 5.41 Å². The van der Waals surface area contributed by atoms with Gasteiger partial charge in [-0.1, -0.05) is 42.5 Å². The van der Waals surface area contributed by atoms with Crippen molar-refractivity contribution >= 4 is 0 Å². The molecule has 0 spiro atoms. The summed E-state index contributed by atoms with van der Waals surface area (Å²) in [7, 11) is 0. The van der Waals surface area contributed by atoms with Gasteiger partial charge in [-0.2, -0.15) is 17.6 Å². The lowest BCUT2D eigenvalue weighted by molar-refractivity contribution is -0.343. The smallest absolute Gasteiger partial charge is 0.322 e. The molecule has 2 nitrogen and oxygen atoms in total. The van der Waals surface area contributed by atoms with Gasteiger partial charge in [-0.15, -0.1) is 12.3 Å². The van der Waals surface area contributed by atoms with Crippen LogP contribution in [0.25, 0.3) is 0 Å². The molecule has 1 fully saturated rings. The molecule has 0 amide bonds. The lowest BCUT2D eigenvalue weighted by Gasteiger charge is -2.60. The summed E-state index contributed by atoms with van der Waals surface area (Å²) in [5.41, 5.74) is -2.20. The van der Waals surface area contributed by atoms with E-state index < -0.39 is 29.6 Å². The summed E-state index contributed by atoms with van der Waals surface area (Å²) in [5, 5.41) is 0. The average molecular weight is 454 g/mol. The van der Waals surface area contributed by atoms with E-state index in [1.807, 2.05) is 6.07 Å². The fourth-order valence-electron chi connectivity index (χ4n) is 4.61. The van der Waals surface area contributed by atoms with Gasteiger partial charge >= 0.3 is 11.8 Å². The van der Waals surface area contributed by atoms with Crippen LogP contribution in [0.15, 0.2) is 78.9 Å². The molecular weight excluding hydrogens is 432 g/mol. The number of rotatable bonds is 7. The molecule has 0 heterocycles. The molecule has 0 N–H and O–H groups in total. The van der Waals surface area contributed by atoms with Gasteiger partial charge in [-0.3, -0.25) is 0 Å². The van der Waals surface area contributed by atoms with E-state index in [1.54, 1.807) is 37.3 Å². The topological polar surface area (TPSA) is 18.5 Å². The van der Waals surface area contributed by atoms with Crippen LogP contribution < -0.4 is 9.47 Å². The van der Waals surface area contributed by atoms with Crippen LogP contribution in [0.3, 0.4) is 0 Å². The average Bonchev–Trinajstić information content (AvgIpc) is 2.80.